The number of carbonyl (C=O) groups excluding carboxylic acids is 2. The van der Waals surface area contributed by atoms with Crippen molar-refractivity contribution in [3.8, 4) is 0 Å². The molecule has 2 saturated heterocycles. The molecule has 3 aliphatic carbocycles. The molecule has 2 heterocycles. The molecule has 0 aromatic heterocycles. The first-order chi connectivity index (χ1) is 12.5. The van der Waals surface area contributed by atoms with Crippen LogP contribution < -0.4 is 0 Å². The van der Waals surface area contributed by atoms with Gasteiger partial charge in [0.15, 0.2) is 11.6 Å². The third-order valence-electron chi connectivity index (χ3n) is 6.35. The largest absolute Gasteiger partial charge is 0.465 e. The lowest BCUT2D eigenvalue weighted by Crippen LogP contribution is -2.75. The number of rotatable bonds is 4. The molecule has 5 aliphatic rings. The Labute approximate surface area is 152 Å². The fourth-order valence-electron chi connectivity index (χ4n) is 5.25. The van der Waals surface area contributed by atoms with Crippen LogP contribution in [0.5, 0.6) is 0 Å². The number of fused-ring (bicyclic) bond motifs is 1. The minimum Gasteiger partial charge on any atom is -0.465 e. The maximum absolute atomic E-state index is 13.1. The van der Waals surface area contributed by atoms with Crippen molar-refractivity contribution in [2.24, 2.45) is 10.8 Å². The number of hydrogen-bond acceptors (Lipinski definition) is 8. The monoisotopic (exact) mass is 370 g/mol. The van der Waals surface area contributed by atoms with Crippen molar-refractivity contribution < 1.29 is 38.0 Å². The molecule has 0 aromatic rings. The van der Waals surface area contributed by atoms with E-state index >= 15 is 0 Å². The van der Waals surface area contributed by atoms with Crippen LogP contribution >= 0.6 is 0 Å². The second-order valence-corrected chi connectivity index (χ2v) is 7.36. The molecular weight excluding hydrogens is 344 g/mol. The lowest BCUT2D eigenvalue weighted by Gasteiger charge is -2.63. The molecule has 2 atom stereocenters. The zero-order valence-electron chi connectivity index (χ0n) is 15.3. The predicted molar refractivity (Wildman–Crippen MR) is 85.9 cm³/mol. The van der Waals surface area contributed by atoms with E-state index in [1.165, 1.54) is 0 Å². The molecule has 5 fully saturated rings. The minimum absolute atomic E-state index is 0.164. The molecular formula is C18H26O8. The van der Waals surface area contributed by atoms with Crippen molar-refractivity contribution in [1.82, 2.24) is 0 Å². The first-order valence-corrected chi connectivity index (χ1v) is 9.40. The summed E-state index contributed by atoms with van der Waals surface area (Å²) in [5.74, 6) is -3.16. The average Bonchev–Trinajstić information content (AvgIpc) is 3.28. The Morgan fingerprint density at radius 1 is 0.731 bits per heavy atom. The zero-order chi connectivity index (χ0) is 18.5. The maximum atomic E-state index is 13.1. The van der Waals surface area contributed by atoms with E-state index in [-0.39, 0.29) is 38.0 Å². The highest BCUT2D eigenvalue weighted by molar-refractivity contribution is 5.84. The van der Waals surface area contributed by atoms with Crippen LogP contribution in [-0.2, 0) is 38.0 Å². The van der Waals surface area contributed by atoms with Gasteiger partial charge in [-0.25, -0.2) is 0 Å². The van der Waals surface area contributed by atoms with Crippen molar-refractivity contribution in [3.63, 3.8) is 0 Å². The van der Waals surface area contributed by atoms with Gasteiger partial charge in [0.2, 0.25) is 0 Å². The molecule has 2 spiro atoms. The number of hydrogen-bond donors (Lipinski definition) is 0. The molecule has 0 amide bonds. The Hall–Kier alpha value is -1.22. The quantitative estimate of drug-likeness (QED) is 0.681. The Morgan fingerprint density at radius 3 is 1.38 bits per heavy atom. The van der Waals surface area contributed by atoms with Gasteiger partial charge in [-0.15, -0.1) is 0 Å². The summed E-state index contributed by atoms with van der Waals surface area (Å²) >= 11 is 0. The van der Waals surface area contributed by atoms with Crippen LogP contribution in [0, 0.1) is 10.8 Å². The third-order valence-corrected chi connectivity index (χ3v) is 6.35. The molecule has 146 valence electrons. The van der Waals surface area contributed by atoms with Crippen LogP contribution in [0.25, 0.3) is 0 Å². The fraction of sp³-hybridized carbons (Fsp3) is 0.889. The third kappa shape index (κ3) is 2.10. The van der Waals surface area contributed by atoms with Gasteiger partial charge in [-0.3, -0.25) is 9.59 Å². The Balaban J connectivity index is 1.82. The van der Waals surface area contributed by atoms with Gasteiger partial charge in [-0.05, 0) is 26.7 Å². The summed E-state index contributed by atoms with van der Waals surface area (Å²) in [6, 6.07) is 0. The summed E-state index contributed by atoms with van der Waals surface area (Å²) in [7, 11) is 0. The molecule has 2 bridgehead atoms. The van der Waals surface area contributed by atoms with Gasteiger partial charge >= 0.3 is 11.9 Å². The SMILES string of the molecule is CCOC(=O)C12CCC(C(=O)OCC)(CC13OCCO3)C1(C2)OCCO1. The highest BCUT2D eigenvalue weighted by Crippen LogP contribution is 2.70. The molecule has 3 saturated carbocycles. The van der Waals surface area contributed by atoms with Crippen LogP contribution in [0.15, 0.2) is 0 Å². The second kappa shape index (κ2) is 6.15. The Morgan fingerprint density at radius 2 is 1.08 bits per heavy atom. The number of esters is 2. The minimum atomic E-state index is -1.20. The van der Waals surface area contributed by atoms with E-state index in [2.05, 4.69) is 0 Å². The van der Waals surface area contributed by atoms with Gasteiger partial charge < -0.3 is 28.4 Å². The topological polar surface area (TPSA) is 89.5 Å². The van der Waals surface area contributed by atoms with E-state index in [0.717, 1.165) is 0 Å². The van der Waals surface area contributed by atoms with Crippen molar-refractivity contribution in [1.29, 1.82) is 0 Å². The number of carbonyl (C=O) groups is 2. The molecule has 2 aliphatic heterocycles. The summed E-state index contributed by atoms with van der Waals surface area (Å²) in [6.07, 6.45) is 1.13. The van der Waals surface area contributed by atoms with E-state index in [1.807, 2.05) is 0 Å². The predicted octanol–water partition coefficient (Wildman–Crippen LogP) is 1.16. The van der Waals surface area contributed by atoms with Gasteiger partial charge in [0.25, 0.3) is 0 Å². The van der Waals surface area contributed by atoms with Gasteiger partial charge in [0, 0.05) is 12.8 Å². The van der Waals surface area contributed by atoms with E-state index in [9.17, 15) is 9.59 Å². The second-order valence-electron chi connectivity index (χ2n) is 7.36. The smallest absolute Gasteiger partial charge is 0.317 e. The van der Waals surface area contributed by atoms with Gasteiger partial charge in [-0.2, -0.15) is 0 Å². The van der Waals surface area contributed by atoms with Crippen LogP contribution in [0.2, 0.25) is 0 Å². The molecule has 8 nitrogen and oxygen atoms in total. The highest BCUT2D eigenvalue weighted by atomic mass is 16.8. The first kappa shape index (κ1) is 18.2. The summed E-state index contributed by atoms with van der Waals surface area (Å²) < 4.78 is 34.8. The standard InChI is InChI=1S/C18H26O8/c1-3-21-13(19)15-5-6-16(14(20)22-4-2,12-17(15)23-7-8-24-17)18(11-15)25-9-10-26-18/h3-12H2,1-2H3. The molecule has 8 heteroatoms. The molecule has 0 radical (unpaired) electrons. The van der Waals surface area contributed by atoms with Crippen LogP contribution in [0.4, 0.5) is 0 Å². The summed E-state index contributed by atoms with van der Waals surface area (Å²) in [6.45, 7) is 5.53. The van der Waals surface area contributed by atoms with E-state index in [1.54, 1.807) is 13.8 Å². The van der Waals surface area contributed by atoms with E-state index in [0.29, 0.717) is 39.3 Å². The molecule has 0 N–H and O–H groups in total. The summed E-state index contributed by atoms with van der Waals surface area (Å²) in [5.41, 5.74) is -2.11. The van der Waals surface area contributed by atoms with E-state index in [4.69, 9.17) is 28.4 Å². The van der Waals surface area contributed by atoms with Crippen molar-refractivity contribution in [2.75, 3.05) is 39.6 Å². The zero-order valence-corrected chi connectivity index (χ0v) is 15.3. The first-order valence-electron chi connectivity index (χ1n) is 9.40. The summed E-state index contributed by atoms with van der Waals surface area (Å²) in [5, 5.41) is 0. The van der Waals surface area contributed by atoms with Crippen molar-refractivity contribution in [3.05, 3.63) is 0 Å². The highest BCUT2D eigenvalue weighted by Gasteiger charge is 2.81. The van der Waals surface area contributed by atoms with Gasteiger partial charge in [-0.1, -0.05) is 0 Å². The fourth-order valence-corrected chi connectivity index (χ4v) is 5.25. The van der Waals surface area contributed by atoms with Gasteiger partial charge in [0.1, 0.15) is 10.8 Å². The maximum Gasteiger partial charge on any atom is 0.317 e. The van der Waals surface area contributed by atoms with Crippen LogP contribution in [0.1, 0.15) is 39.5 Å². The number of ether oxygens (including phenoxy) is 6. The van der Waals surface area contributed by atoms with Crippen molar-refractivity contribution in [2.45, 2.75) is 51.1 Å². The molecule has 2 unspecified atom stereocenters. The normalized spacial score (nSPS) is 36.5. The van der Waals surface area contributed by atoms with Gasteiger partial charge in [0.05, 0.1) is 39.6 Å². The van der Waals surface area contributed by atoms with E-state index < -0.39 is 22.4 Å². The average molecular weight is 370 g/mol. The Kier molecular flexibility index (Phi) is 4.30. The molecule has 0 aromatic carbocycles. The van der Waals surface area contributed by atoms with Crippen LogP contribution in [0.3, 0.4) is 0 Å². The summed E-state index contributed by atoms with van der Waals surface area (Å²) in [4.78, 5) is 26.1. The molecule has 5 rings (SSSR count). The molecule has 26 heavy (non-hydrogen) atoms. The van der Waals surface area contributed by atoms with Crippen molar-refractivity contribution >= 4 is 11.9 Å². The van der Waals surface area contributed by atoms with Crippen LogP contribution in [-0.4, -0.2) is 63.2 Å². The lowest BCUT2D eigenvalue weighted by molar-refractivity contribution is -0.377. The Bertz CT molecular complexity index is 540. The lowest BCUT2D eigenvalue weighted by atomic mass is 9.47.